The Morgan fingerprint density at radius 3 is 3.12 bits per heavy atom. The molecule has 6 heteroatoms. The maximum absolute atomic E-state index is 13.4. The second kappa shape index (κ2) is 4.69. The Labute approximate surface area is 92.5 Å². The van der Waals surface area contributed by atoms with Gasteiger partial charge in [-0.25, -0.2) is 8.78 Å². The first-order valence-electron chi connectivity index (χ1n) is 5.28. The molecular weight excluding hydrogens is 214 g/mol. The molecule has 1 aliphatic heterocycles. The molecule has 0 aromatic carbocycles. The van der Waals surface area contributed by atoms with E-state index in [1.54, 1.807) is 18.3 Å². The van der Waals surface area contributed by atoms with Crippen LogP contribution in [0.15, 0.2) is 18.3 Å². The van der Waals surface area contributed by atoms with Gasteiger partial charge in [-0.2, -0.15) is 5.10 Å². The molecule has 2 N–H and O–H groups in total. The van der Waals surface area contributed by atoms with Gasteiger partial charge in [-0.3, -0.25) is 0 Å². The van der Waals surface area contributed by atoms with Gasteiger partial charge in [0.2, 0.25) is 0 Å². The quantitative estimate of drug-likeness (QED) is 0.814. The number of anilines is 1. The van der Waals surface area contributed by atoms with Crippen LogP contribution in [0.4, 0.5) is 14.6 Å². The molecule has 1 aromatic heterocycles. The summed E-state index contributed by atoms with van der Waals surface area (Å²) in [6.45, 7) is 0.635. The molecule has 16 heavy (non-hydrogen) atoms. The monoisotopic (exact) mass is 228 g/mol. The first-order valence-corrected chi connectivity index (χ1v) is 5.28. The van der Waals surface area contributed by atoms with Crippen molar-refractivity contribution < 1.29 is 8.78 Å². The van der Waals surface area contributed by atoms with Gasteiger partial charge in [0.15, 0.2) is 0 Å². The fourth-order valence-electron chi connectivity index (χ4n) is 1.76. The molecule has 1 atom stereocenters. The Bertz CT molecular complexity index is 331. The van der Waals surface area contributed by atoms with Crippen LogP contribution >= 0.6 is 0 Å². The number of hydrogen-bond acceptors (Lipinski definition) is 4. The average molecular weight is 228 g/mol. The smallest absolute Gasteiger partial charge is 0.264 e. The molecule has 0 unspecified atom stereocenters. The van der Waals surface area contributed by atoms with Gasteiger partial charge in [0.05, 0.1) is 6.54 Å². The van der Waals surface area contributed by atoms with Crippen LogP contribution in [0, 0.1) is 5.92 Å². The number of nitrogens with one attached hydrogen (secondary N) is 2. The molecule has 0 spiro atoms. The third kappa shape index (κ3) is 2.63. The molecule has 1 aliphatic rings. The molecule has 1 saturated heterocycles. The molecule has 4 nitrogen and oxygen atoms in total. The largest absolute Gasteiger partial charge is 0.368 e. The predicted molar refractivity (Wildman–Crippen MR) is 56.4 cm³/mol. The fraction of sp³-hybridized carbons (Fsp3) is 0.600. The number of halogens is 2. The Balaban J connectivity index is 1.90. The first kappa shape index (κ1) is 11.2. The Morgan fingerprint density at radius 1 is 1.56 bits per heavy atom. The number of alkyl halides is 2. The van der Waals surface area contributed by atoms with Crippen molar-refractivity contribution in [3.8, 4) is 0 Å². The van der Waals surface area contributed by atoms with E-state index in [1.165, 1.54) is 0 Å². The van der Waals surface area contributed by atoms with Crippen molar-refractivity contribution in [1.29, 1.82) is 0 Å². The van der Waals surface area contributed by atoms with E-state index < -0.39 is 11.8 Å². The van der Waals surface area contributed by atoms with Crippen molar-refractivity contribution in [3.63, 3.8) is 0 Å². The van der Waals surface area contributed by atoms with E-state index >= 15 is 0 Å². The zero-order chi connectivity index (χ0) is 11.4. The molecule has 1 aromatic rings. The van der Waals surface area contributed by atoms with E-state index in [-0.39, 0.29) is 13.1 Å². The molecule has 88 valence electrons. The van der Waals surface area contributed by atoms with Crippen molar-refractivity contribution in [3.05, 3.63) is 18.3 Å². The van der Waals surface area contributed by atoms with Gasteiger partial charge in [0.25, 0.3) is 5.92 Å². The molecule has 0 radical (unpaired) electrons. The zero-order valence-electron chi connectivity index (χ0n) is 8.79. The zero-order valence-corrected chi connectivity index (χ0v) is 8.79. The summed E-state index contributed by atoms with van der Waals surface area (Å²) in [6.07, 6.45) is 2.02. The van der Waals surface area contributed by atoms with Crippen LogP contribution in [0.5, 0.6) is 0 Å². The minimum Gasteiger partial charge on any atom is -0.368 e. The van der Waals surface area contributed by atoms with E-state index in [2.05, 4.69) is 20.8 Å². The molecular formula is C10H14F2N4. The fourth-order valence-corrected chi connectivity index (χ4v) is 1.76. The number of aromatic nitrogens is 2. The van der Waals surface area contributed by atoms with Gasteiger partial charge in [0, 0.05) is 18.7 Å². The third-order valence-corrected chi connectivity index (χ3v) is 2.73. The second-order valence-electron chi connectivity index (χ2n) is 3.91. The minimum atomic E-state index is -2.65. The normalized spacial score (nSPS) is 24.0. The number of hydrogen-bond donors (Lipinski definition) is 2. The van der Waals surface area contributed by atoms with E-state index in [4.69, 9.17) is 0 Å². The average Bonchev–Trinajstić information content (AvgIpc) is 2.28. The van der Waals surface area contributed by atoms with Crippen LogP contribution in [-0.2, 0) is 0 Å². The molecule has 2 rings (SSSR count). The summed E-state index contributed by atoms with van der Waals surface area (Å²) in [5.41, 5.74) is 0. The van der Waals surface area contributed by atoms with Crippen molar-refractivity contribution >= 4 is 5.82 Å². The summed E-state index contributed by atoms with van der Waals surface area (Å²) in [6, 6.07) is 3.43. The van der Waals surface area contributed by atoms with Crippen LogP contribution in [0.1, 0.15) is 6.42 Å². The summed E-state index contributed by atoms with van der Waals surface area (Å²) < 4.78 is 26.9. The number of piperidine rings is 1. The van der Waals surface area contributed by atoms with Crippen LogP contribution in [0.25, 0.3) is 0 Å². The van der Waals surface area contributed by atoms with Crippen LogP contribution in [-0.4, -0.2) is 35.8 Å². The second-order valence-corrected chi connectivity index (χ2v) is 3.91. The summed E-state index contributed by atoms with van der Waals surface area (Å²) in [7, 11) is 0. The van der Waals surface area contributed by atoms with Crippen molar-refractivity contribution in [2.24, 2.45) is 5.92 Å². The van der Waals surface area contributed by atoms with Crippen molar-refractivity contribution in [2.75, 3.05) is 25.0 Å². The Kier molecular flexibility index (Phi) is 3.28. The lowest BCUT2D eigenvalue weighted by Crippen LogP contribution is -2.48. The maximum Gasteiger partial charge on any atom is 0.264 e. The van der Waals surface area contributed by atoms with Gasteiger partial charge in [-0.15, -0.1) is 5.10 Å². The molecule has 1 fully saturated rings. The van der Waals surface area contributed by atoms with E-state index in [9.17, 15) is 8.78 Å². The standard InChI is InChI=1S/C10H14F2N4/c11-10(12)7-13-5-3-8(10)6-14-9-2-1-4-15-16-9/h1-2,4,8,13H,3,5-7H2,(H,14,16)/t8-/m1/s1. The summed E-state index contributed by atoms with van der Waals surface area (Å²) in [4.78, 5) is 0. The van der Waals surface area contributed by atoms with Gasteiger partial charge in [-0.05, 0) is 25.1 Å². The molecule has 0 saturated carbocycles. The third-order valence-electron chi connectivity index (χ3n) is 2.73. The molecule has 0 bridgehead atoms. The lowest BCUT2D eigenvalue weighted by atomic mass is 9.94. The molecule has 2 heterocycles. The summed E-state index contributed by atoms with van der Waals surface area (Å²) >= 11 is 0. The number of nitrogens with zero attached hydrogens (tertiary/aromatic N) is 2. The van der Waals surface area contributed by atoms with Crippen molar-refractivity contribution in [2.45, 2.75) is 12.3 Å². The summed E-state index contributed by atoms with van der Waals surface area (Å²) in [5, 5.41) is 13.0. The topological polar surface area (TPSA) is 49.8 Å². The van der Waals surface area contributed by atoms with E-state index in [0.29, 0.717) is 18.8 Å². The van der Waals surface area contributed by atoms with E-state index in [1.807, 2.05) is 0 Å². The Hall–Kier alpha value is -1.30. The SMILES string of the molecule is FC1(F)CNCC[C@@H]1CNc1cccnn1. The lowest BCUT2D eigenvalue weighted by molar-refractivity contribution is -0.0678. The molecule has 0 amide bonds. The van der Waals surface area contributed by atoms with Gasteiger partial charge >= 0.3 is 0 Å². The Morgan fingerprint density at radius 2 is 2.44 bits per heavy atom. The minimum absolute atomic E-state index is 0.230. The summed E-state index contributed by atoms with van der Waals surface area (Å²) in [5.74, 6) is -2.75. The maximum atomic E-state index is 13.4. The highest BCUT2D eigenvalue weighted by molar-refractivity contribution is 5.31. The highest BCUT2D eigenvalue weighted by Gasteiger charge is 2.41. The highest BCUT2D eigenvalue weighted by Crippen LogP contribution is 2.29. The lowest BCUT2D eigenvalue weighted by Gasteiger charge is -2.31. The van der Waals surface area contributed by atoms with Gasteiger partial charge in [0.1, 0.15) is 5.82 Å². The molecule has 0 aliphatic carbocycles. The highest BCUT2D eigenvalue weighted by atomic mass is 19.3. The van der Waals surface area contributed by atoms with Crippen LogP contribution in [0.2, 0.25) is 0 Å². The number of rotatable bonds is 3. The van der Waals surface area contributed by atoms with Gasteiger partial charge in [-0.1, -0.05) is 0 Å². The van der Waals surface area contributed by atoms with Crippen LogP contribution < -0.4 is 10.6 Å². The van der Waals surface area contributed by atoms with E-state index in [0.717, 1.165) is 0 Å². The first-order chi connectivity index (χ1) is 7.68. The van der Waals surface area contributed by atoms with Gasteiger partial charge < -0.3 is 10.6 Å². The van der Waals surface area contributed by atoms with Crippen LogP contribution in [0.3, 0.4) is 0 Å². The predicted octanol–water partition coefficient (Wildman–Crippen LogP) is 1.13. The van der Waals surface area contributed by atoms with Crippen molar-refractivity contribution in [1.82, 2.24) is 15.5 Å².